The maximum Gasteiger partial charge on any atom is 0.321 e. The van der Waals surface area contributed by atoms with Crippen molar-refractivity contribution in [2.24, 2.45) is 0 Å². The van der Waals surface area contributed by atoms with Crippen LogP contribution < -0.4 is 0 Å². The van der Waals surface area contributed by atoms with Crippen LogP contribution in [0.25, 0.3) is 0 Å². The van der Waals surface area contributed by atoms with Crippen LogP contribution in [0.5, 0.6) is 0 Å². The topological polar surface area (TPSA) is 40.5 Å². The van der Waals surface area contributed by atoms with Crippen LogP contribution in [-0.4, -0.2) is 35.1 Å². The van der Waals surface area contributed by atoms with Crippen molar-refractivity contribution in [3.8, 4) is 0 Å². The summed E-state index contributed by atoms with van der Waals surface area (Å²) in [5, 5.41) is 9.35. The van der Waals surface area contributed by atoms with Crippen LogP contribution in [0.3, 0.4) is 0 Å². The lowest BCUT2D eigenvalue weighted by Gasteiger charge is -2.32. The summed E-state index contributed by atoms with van der Waals surface area (Å²) < 4.78 is 0. The van der Waals surface area contributed by atoms with Crippen molar-refractivity contribution in [2.45, 2.75) is 31.7 Å². The number of aliphatic carboxylic acids is 1. The van der Waals surface area contributed by atoms with E-state index in [9.17, 15) is 9.90 Å². The molecular weight excluding hydrogens is 214 g/mol. The second-order valence-electron chi connectivity index (χ2n) is 4.64. The number of carboxylic acid groups (broad SMARTS) is 1. The number of piperidine rings is 1. The largest absolute Gasteiger partial charge is 0.480 e. The molecule has 3 nitrogen and oxygen atoms in total. The molecule has 0 bridgehead atoms. The summed E-state index contributed by atoms with van der Waals surface area (Å²) in [5.41, 5.74) is 1.10. The van der Waals surface area contributed by atoms with E-state index < -0.39 is 5.97 Å². The lowest BCUT2D eigenvalue weighted by Crippen LogP contribution is -2.45. The summed E-state index contributed by atoms with van der Waals surface area (Å²) in [6.07, 6.45) is 4.08. The van der Waals surface area contributed by atoms with Gasteiger partial charge < -0.3 is 5.11 Å². The molecular formula is C14H19NO2. The molecule has 17 heavy (non-hydrogen) atoms. The van der Waals surface area contributed by atoms with Gasteiger partial charge in [-0.2, -0.15) is 0 Å². The Morgan fingerprint density at radius 3 is 2.41 bits per heavy atom. The Bertz CT molecular complexity index is 358. The van der Waals surface area contributed by atoms with Crippen molar-refractivity contribution in [3.63, 3.8) is 0 Å². The van der Waals surface area contributed by atoms with Gasteiger partial charge in [0.15, 0.2) is 0 Å². The average molecular weight is 233 g/mol. The first-order valence-electron chi connectivity index (χ1n) is 6.28. The lowest BCUT2D eigenvalue weighted by atomic mass is 10.0. The molecule has 0 unspecified atom stereocenters. The van der Waals surface area contributed by atoms with Crippen LogP contribution in [0.4, 0.5) is 0 Å². The molecule has 1 aliphatic heterocycles. The molecule has 0 saturated carbocycles. The molecule has 1 N–H and O–H groups in total. The molecule has 1 aromatic rings. The van der Waals surface area contributed by atoms with Gasteiger partial charge >= 0.3 is 5.97 Å². The molecule has 3 heteroatoms. The highest BCUT2D eigenvalue weighted by Crippen LogP contribution is 2.16. The Morgan fingerprint density at radius 1 is 1.18 bits per heavy atom. The van der Waals surface area contributed by atoms with Crippen molar-refractivity contribution >= 4 is 5.97 Å². The van der Waals surface area contributed by atoms with Crippen molar-refractivity contribution in [2.75, 3.05) is 13.1 Å². The zero-order valence-electron chi connectivity index (χ0n) is 10.0. The van der Waals surface area contributed by atoms with E-state index >= 15 is 0 Å². The molecule has 1 aliphatic rings. The van der Waals surface area contributed by atoms with E-state index in [0.717, 1.165) is 31.5 Å². The number of likely N-dealkylation sites (tertiary alicyclic amines) is 1. The fraction of sp³-hybridized carbons (Fsp3) is 0.500. The van der Waals surface area contributed by atoms with Crippen LogP contribution >= 0.6 is 0 Å². The lowest BCUT2D eigenvalue weighted by molar-refractivity contribution is -0.143. The summed E-state index contributed by atoms with van der Waals surface area (Å²) in [6.45, 7) is 1.84. The molecule has 1 fully saturated rings. The highest BCUT2D eigenvalue weighted by atomic mass is 16.4. The average Bonchev–Trinajstić information content (AvgIpc) is 2.38. The summed E-state index contributed by atoms with van der Waals surface area (Å²) in [7, 11) is 0. The zero-order valence-corrected chi connectivity index (χ0v) is 10.0. The van der Waals surface area contributed by atoms with Crippen molar-refractivity contribution in [1.82, 2.24) is 4.90 Å². The quantitative estimate of drug-likeness (QED) is 0.866. The molecule has 0 radical (unpaired) electrons. The van der Waals surface area contributed by atoms with E-state index in [0.29, 0.717) is 6.42 Å². The number of rotatable bonds is 4. The number of carboxylic acids is 1. The van der Waals surface area contributed by atoms with Crippen LogP contribution in [0.2, 0.25) is 0 Å². The molecule has 1 atom stereocenters. The second kappa shape index (κ2) is 5.82. The standard InChI is InChI=1S/C14H19NO2/c16-14(17)13(15-9-5-2-6-10-15)11-12-7-3-1-4-8-12/h1,3-4,7-8,13H,2,5-6,9-11H2,(H,16,17)/t13-/m1/s1. The number of nitrogens with zero attached hydrogens (tertiary/aromatic N) is 1. The Morgan fingerprint density at radius 2 is 1.82 bits per heavy atom. The third-order valence-electron chi connectivity index (χ3n) is 3.39. The fourth-order valence-electron chi connectivity index (χ4n) is 2.44. The molecule has 1 saturated heterocycles. The molecule has 92 valence electrons. The number of hydrogen-bond donors (Lipinski definition) is 1. The first-order valence-corrected chi connectivity index (χ1v) is 6.28. The maximum absolute atomic E-state index is 11.4. The van der Waals surface area contributed by atoms with Gasteiger partial charge in [0.1, 0.15) is 6.04 Å². The number of benzene rings is 1. The molecule has 2 rings (SSSR count). The van der Waals surface area contributed by atoms with Gasteiger partial charge in [-0.1, -0.05) is 36.8 Å². The van der Waals surface area contributed by atoms with E-state index in [1.807, 2.05) is 30.3 Å². The van der Waals surface area contributed by atoms with Crippen molar-refractivity contribution in [1.29, 1.82) is 0 Å². The zero-order chi connectivity index (χ0) is 12.1. The van der Waals surface area contributed by atoms with Gasteiger partial charge in [0, 0.05) is 0 Å². The van der Waals surface area contributed by atoms with Gasteiger partial charge in [-0.05, 0) is 37.9 Å². The molecule has 0 spiro atoms. The predicted molar refractivity (Wildman–Crippen MR) is 67.0 cm³/mol. The predicted octanol–water partition coefficient (Wildman–Crippen LogP) is 2.17. The van der Waals surface area contributed by atoms with Gasteiger partial charge in [-0.3, -0.25) is 9.69 Å². The molecule has 0 aliphatic carbocycles. The van der Waals surface area contributed by atoms with Gasteiger partial charge in [-0.15, -0.1) is 0 Å². The third kappa shape index (κ3) is 3.30. The Kier molecular flexibility index (Phi) is 4.15. The minimum Gasteiger partial charge on any atom is -0.480 e. The first kappa shape index (κ1) is 12.1. The highest BCUT2D eigenvalue weighted by Gasteiger charge is 2.26. The first-order chi connectivity index (χ1) is 8.27. The number of carbonyl (C=O) groups is 1. The Labute approximate surface area is 102 Å². The molecule has 0 amide bonds. The third-order valence-corrected chi connectivity index (χ3v) is 3.39. The van der Waals surface area contributed by atoms with Crippen LogP contribution in [-0.2, 0) is 11.2 Å². The summed E-state index contributed by atoms with van der Waals surface area (Å²) in [4.78, 5) is 13.5. The monoisotopic (exact) mass is 233 g/mol. The summed E-state index contributed by atoms with van der Waals surface area (Å²) in [5.74, 6) is -0.698. The molecule has 0 aromatic heterocycles. The van der Waals surface area contributed by atoms with Crippen LogP contribution in [0.15, 0.2) is 30.3 Å². The molecule has 1 heterocycles. The van der Waals surface area contributed by atoms with E-state index in [-0.39, 0.29) is 6.04 Å². The van der Waals surface area contributed by atoms with Crippen LogP contribution in [0.1, 0.15) is 24.8 Å². The maximum atomic E-state index is 11.4. The van der Waals surface area contributed by atoms with Gasteiger partial charge in [0.25, 0.3) is 0 Å². The highest BCUT2D eigenvalue weighted by molar-refractivity contribution is 5.74. The second-order valence-corrected chi connectivity index (χ2v) is 4.64. The van der Waals surface area contributed by atoms with E-state index in [2.05, 4.69) is 4.90 Å². The normalized spacial score (nSPS) is 18.8. The van der Waals surface area contributed by atoms with Crippen LogP contribution in [0, 0.1) is 0 Å². The van der Waals surface area contributed by atoms with Gasteiger partial charge in [0.05, 0.1) is 0 Å². The SMILES string of the molecule is O=C(O)[C@@H](Cc1ccccc1)N1CCCCC1. The van der Waals surface area contributed by atoms with Gasteiger partial charge in [0.2, 0.25) is 0 Å². The van der Waals surface area contributed by atoms with E-state index in [4.69, 9.17) is 0 Å². The minimum atomic E-state index is -0.698. The van der Waals surface area contributed by atoms with Crippen molar-refractivity contribution < 1.29 is 9.90 Å². The number of hydrogen-bond acceptors (Lipinski definition) is 2. The van der Waals surface area contributed by atoms with Crippen molar-refractivity contribution in [3.05, 3.63) is 35.9 Å². The Balaban J connectivity index is 2.04. The summed E-state index contributed by atoms with van der Waals surface area (Å²) >= 11 is 0. The van der Waals surface area contributed by atoms with E-state index in [1.54, 1.807) is 0 Å². The minimum absolute atomic E-state index is 0.363. The molecule has 1 aromatic carbocycles. The fourth-order valence-corrected chi connectivity index (χ4v) is 2.44. The smallest absolute Gasteiger partial charge is 0.321 e. The Hall–Kier alpha value is -1.35. The van der Waals surface area contributed by atoms with Gasteiger partial charge in [-0.25, -0.2) is 0 Å². The summed E-state index contributed by atoms with van der Waals surface area (Å²) in [6, 6.07) is 9.52. The van der Waals surface area contributed by atoms with E-state index in [1.165, 1.54) is 6.42 Å².